The molecule has 0 aromatic heterocycles. The molecule has 1 N–H and O–H groups in total. The molecule has 0 unspecified atom stereocenters. The van der Waals surface area contributed by atoms with Gasteiger partial charge in [-0.25, -0.2) is 0 Å². The van der Waals surface area contributed by atoms with Crippen molar-refractivity contribution in [2.24, 2.45) is 0 Å². The van der Waals surface area contributed by atoms with Gasteiger partial charge in [-0.2, -0.15) is 0 Å². The fourth-order valence-corrected chi connectivity index (χ4v) is 2.96. The molecule has 1 saturated heterocycles. The summed E-state index contributed by atoms with van der Waals surface area (Å²) in [5, 5.41) is 7.58. The zero-order valence-corrected chi connectivity index (χ0v) is 14.4. The van der Waals surface area contributed by atoms with Gasteiger partial charge in [0.25, 0.3) is 0 Å². The summed E-state index contributed by atoms with van der Waals surface area (Å²) in [7, 11) is 0. The zero-order chi connectivity index (χ0) is 16.3. The Morgan fingerprint density at radius 3 is 2.70 bits per heavy atom. The van der Waals surface area contributed by atoms with Crippen molar-refractivity contribution in [3.8, 4) is 5.75 Å². The first-order valence-corrected chi connectivity index (χ1v) is 8.92. The molecule has 0 amide bonds. The lowest BCUT2D eigenvalue weighted by molar-refractivity contribution is 0.274. The molecule has 0 radical (unpaired) electrons. The van der Waals surface area contributed by atoms with E-state index in [0.717, 1.165) is 18.7 Å². The van der Waals surface area contributed by atoms with Crippen molar-refractivity contribution in [2.45, 2.75) is 52.0 Å². The Balaban J connectivity index is 1.74. The summed E-state index contributed by atoms with van der Waals surface area (Å²) in [6, 6.07) is 8.42. The highest BCUT2D eigenvalue weighted by Gasteiger charge is 2.09. The summed E-state index contributed by atoms with van der Waals surface area (Å²) in [6.45, 7) is 6.54. The minimum absolute atomic E-state index is 0.353. The van der Waals surface area contributed by atoms with Crippen molar-refractivity contribution in [3.05, 3.63) is 29.8 Å². The van der Waals surface area contributed by atoms with Crippen molar-refractivity contribution in [3.63, 3.8) is 0 Å². The maximum absolute atomic E-state index is 7.58. The van der Waals surface area contributed by atoms with Crippen LogP contribution < -0.4 is 4.74 Å². The first kappa shape index (κ1) is 17.8. The van der Waals surface area contributed by atoms with Gasteiger partial charge in [-0.15, -0.1) is 0 Å². The first-order chi connectivity index (χ1) is 11.3. The van der Waals surface area contributed by atoms with Crippen LogP contribution in [-0.2, 0) is 11.3 Å². The molecule has 128 valence electrons. The fourth-order valence-electron chi connectivity index (χ4n) is 2.96. The largest absolute Gasteiger partial charge is 0.494 e. The second kappa shape index (κ2) is 10.3. The van der Waals surface area contributed by atoms with Crippen LogP contribution in [-0.4, -0.2) is 37.1 Å². The number of nitrogens with zero attached hydrogens (tertiary/aromatic N) is 1. The van der Waals surface area contributed by atoms with Crippen LogP contribution in [0.5, 0.6) is 5.75 Å². The molecule has 0 atom stereocenters. The molecule has 0 bridgehead atoms. The standard InChI is InChI=1S/C19H30N2O2/c1-2-22-19(20)11-8-14-23-18-10-7-9-17(15-18)16-21-12-5-3-4-6-13-21/h7,9-10,15,20H,2-6,8,11-14,16H2,1H3. The van der Waals surface area contributed by atoms with Gasteiger partial charge in [-0.1, -0.05) is 25.0 Å². The van der Waals surface area contributed by atoms with Crippen LogP contribution in [0.4, 0.5) is 0 Å². The lowest BCUT2D eigenvalue weighted by atomic mass is 10.2. The van der Waals surface area contributed by atoms with E-state index in [-0.39, 0.29) is 0 Å². The smallest absolute Gasteiger partial charge is 0.180 e. The van der Waals surface area contributed by atoms with E-state index in [2.05, 4.69) is 23.1 Å². The van der Waals surface area contributed by atoms with Gasteiger partial charge in [-0.3, -0.25) is 10.3 Å². The molecule has 23 heavy (non-hydrogen) atoms. The SMILES string of the molecule is CCOC(=N)CCCOc1cccc(CN2CCCCCC2)c1. The average Bonchev–Trinajstić information content (AvgIpc) is 2.81. The van der Waals surface area contributed by atoms with Crippen LogP contribution in [0.25, 0.3) is 0 Å². The Labute approximate surface area is 140 Å². The second-order valence-corrected chi connectivity index (χ2v) is 6.15. The minimum atomic E-state index is 0.353. The molecule has 1 heterocycles. The summed E-state index contributed by atoms with van der Waals surface area (Å²) in [6.07, 6.45) is 6.84. The zero-order valence-electron chi connectivity index (χ0n) is 14.4. The van der Waals surface area contributed by atoms with Gasteiger partial charge in [0, 0.05) is 13.0 Å². The fraction of sp³-hybridized carbons (Fsp3) is 0.632. The monoisotopic (exact) mass is 318 g/mol. The lowest BCUT2D eigenvalue weighted by Crippen LogP contribution is -2.23. The molecule has 0 spiro atoms. The topological polar surface area (TPSA) is 45.6 Å². The molecule has 4 heteroatoms. The van der Waals surface area contributed by atoms with Crippen LogP contribution >= 0.6 is 0 Å². The molecule has 0 saturated carbocycles. The van der Waals surface area contributed by atoms with Crippen molar-refractivity contribution in [2.75, 3.05) is 26.3 Å². The third-order valence-corrected chi connectivity index (χ3v) is 4.14. The molecule has 1 aromatic carbocycles. The minimum Gasteiger partial charge on any atom is -0.494 e. The second-order valence-electron chi connectivity index (χ2n) is 6.15. The summed E-state index contributed by atoms with van der Waals surface area (Å²) in [4.78, 5) is 2.55. The molecular formula is C19H30N2O2. The van der Waals surface area contributed by atoms with E-state index < -0.39 is 0 Å². The Morgan fingerprint density at radius 2 is 1.96 bits per heavy atom. The number of rotatable bonds is 8. The van der Waals surface area contributed by atoms with Gasteiger partial charge in [0.1, 0.15) is 5.75 Å². The van der Waals surface area contributed by atoms with Gasteiger partial charge in [0.15, 0.2) is 5.90 Å². The van der Waals surface area contributed by atoms with E-state index in [1.807, 2.05) is 13.0 Å². The van der Waals surface area contributed by atoms with E-state index >= 15 is 0 Å². The molecule has 1 fully saturated rings. The Morgan fingerprint density at radius 1 is 1.17 bits per heavy atom. The molecule has 1 aliphatic heterocycles. The Hall–Kier alpha value is -1.55. The van der Waals surface area contributed by atoms with E-state index in [0.29, 0.717) is 25.5 Å². The van der Waals surface area contributed by atoms with Gasteiger partial charge in [0.05, 0.1) is 13.2 Å². The quantitative estimate of drug-likeness (QED) is 0.443. The highest BCUT2D eigenvalue weighted by molar-refractivity contribution is 5.72. The van der Waals surface area contributed by atoms with Crippen LogP contribution in [0.3, 0.4) is 0 Å². The predicted molar refractivity (Wildman–Crippen MR) is 94.3 cm³/mol. The number of nitrogens with one attached hydrogen (secondary N) is 1. The Bertz CT molecular complexity index is 468. The van der Waals surface area contributed by atoms with Crippen LogP contribution in [0.15, 0.2) is 24.3 Å². The number of hydrogen-bond acceptors (Lipinski definition) is 4. The van der Waals surface area contributed by atoms with Crippen molar-refractivity contribution in [1.29, 1.82) is 5.41 Å². The van der Waals surface area contributed by atoms with Crippen molar-refractivity contribution in [1.82, 2.24) is 4.90 Å². The van der Waals surface area contributed by atoms with Gasteiger partial charge >= 0.3 is 0 Å². The van der Waals surface area contributed by atoms with Gasteiger partial charge < -0.3 is 9.47 Å². The van der Waals surface area contributed by atoms with E-state index in [4.69, 9.17) is 14.9 Å². The highest BCUT2D eigenvalue weighted by atomic mass is 16.5. The van der Waals surface area contributed by atoms with E-state index in [1.165, 1.54) is 44.3 Å². The number of hydrogen-bond donors (Lipinski definition) is 1. The molecule has 1 aromatic rings. The molecule has 1 aliphatic rings. The summed E-state index contributed by atoms with van der Waals surface area (Å²) >= 11 is 0. The summed E-state index contributed by atoms with van der Waals surface area (Å²) in [5.41, 5.74) is 1.33. The lowest BCUT2D eigenvalue weighted by Gasteiger charge is -2.20. The van der Waals surface area contributed by atoms with Crippen molar-refractivity contribution < 1.29 is 9.47 Å². The number of benzene rings is 1. The van der Waals surface area contributed by atoms with E-state index in [9.17, 15) is 0 Å². The Kier molecular flexibility index (Phi) is 7.95. The molecule has 4 nitrogen and oxygen atoms in total. The number of ether oxygens (including phenoxy) is 2. The highest BCUT2D eigenvalue weighted by Crippen LogP contribution is 2.17. The molecule has 2 rings (SSSR count). The normalized spacial score (nSPS) is 15.9. The molecule has 0 aliphatic carbocycles. The van der Waals surface area contributed by atoms with Crippen LogP contribution in [0, 0.1) is 5.41 Å². The maximum Gasteiger partial charge on any atom is 0.180 e. The van der Waals surface area contributed by atoms with Gasteiger partial charge in [-0.05, 0) is 57.0 Å². The van der Waals surface area contributed by atoms with E-state index in [1.54, 1.807) is 0 Å². The van der Waals surface area contributed by atoms with Gasteiger partial charge in [0.2, 0.25) is 0 Å². The summed E-state index contributed by atoms with van der Waals surface area (Å²) in [5.74, 6) is 1.28. The maximum atomic E-state index is 7.58. The summed E-state index contributed by atoms with van der Waals surface area (Å²) < 4.78 is 10.9. The first-order valence-electron chi connectivity index (χ1n) is 8.92. The number of likely N-dealkylation sites (tertiary alicyclic amines) is 1. The van der Waals surface area contributed by atoms with Crippen LogP contribution in [0.1, 0.15) is 51.0 Å². The van der Waals surface area contributed by atoms with Crippen molar-refractivity contribution >= 4 is 5.90 Å². The third-order valence-electron chi connectivity index (χ3n) is 4.14. The average molecular weight is 318 g/mol. The van der Waals surface area contributed by atoms with Crippen LogP contribution in [0.2, 0.25) is 0 Å². The predicted octanol–water partition coefficient (Wildman–Crippen LogP) is 4.24. The molecular weight excluding hydrogens is 288 g/mol. The third kappa shape index (κ3) is 7.04.